The van der Waals surface area contributed by atoms with Gasteiger partial charge in [-0.1, -0.05) is 66.7 Å². The SMILES string of the molecule is CO.N#Cc1c(-c2ccccc2)nc(=O)n(-c2cccc3ccccc23)c1N. The number of fused-ring (bicyclic) bond motifs is 1. The maximum atomic E-state index is 12.8. The van der Waals surface area contributed by atoms with Gasteiger partial charge in [-0.05, 0) is 11.5 Å². The lowest BCUT2D eigenvalue weighted by atomic mass is 10.1. The van der Waals surface area contributed by atoms with Crippen molar-refractivity contribution in [3.05, 3.63) is 88.8 Å². The lowest BCUT2D eigenvalue weighted by Crippen LogP contribution is -2.26. The Balaban J connectivity index is 0.00000109. The van der Waals surface area contributed by atoms with Crippen LogP contribution in [-0.4, -0.2) is 21.8 Å². The van der Waals surface area contributed by atoms with E-state index in [2.05, 4.69) is 11.1 Å². The molecule has 0 amide bonds. The molecule has 0 aliphatic heterocycles. The van der Waals surface area contributed by atoms with Crippen molar-refractivity contribution >= 4 is 16.6 Å². The Morgan fingerprint density at radius 1 is 0.964 bits per heavy atom. The van der Waals surface area contributed by atoms with Gasteiger partial charge in [0.1, 0.15) is 17.5 Å². The van der Waals surface area contributed by atoms with Crippen LogP contribution in [-0.2, 0) is 0 Å². The summed E-state index contributed by atoms with van der Waals surface area (Å²) in [6, 6.07) is 24.5. The average Bonchev–Trinajstić information content (AvgIpc) is 2.75. The van der Waals surface area contributed by atoms with Gasteiger partial charge in [0, 0.05) is 18.1 Å². The second-order valence-electron chi connectivity index (χ2n) is 5.81. The highest BCUT2D eigenvalue weighted by Crippen LogP contribution is 2.28. The van der Waals surface area contributed by atoms with Gasteiger partial charge in [0.05, 0.1) is 11.4 Å². The van der Waals surface area contributed by atoms with Gasteiger partial charge in [-0.2, -0.15) is 10.2 Å². The summed E-state index contributed by atoms with van der Waals surface area (Å²) in [6.07, 6.45) is 0. The summed E-state index contributed by atoms with van der Waals surface area (Å²) >= 11 is 0. The Morgan fingerprint density at radius 3 is 2.32 bits per heavy atom. The molecule has 0 bridgehead atoms. The van der Waals surface area contributed by atoms with Gasteiger partial charge in [0.15, 0.2) is 0 Å². The summed E-state index contributed by atoms with van der Waals surface area (Å²) in [5.41, 5.74) is 7.51. The number of aliphatic hydroxyl groups excluding tert-OH is 1. The predicted molar refractivity (Wildman–Crippen MR) is 110 cm³/mol. The van der Waals surface area contributed by atoms with Crippen LogP contribution in [0.3, 0.4) is 0 Å². The first kappa shape index (κ1) is 18.8. The second kappa shape index (κ2) is 8.16. The van der Waals surface area contributed by atoms with Crippen LogP contribution in [0, 0.1) is 11.3 Å². The third kappa shape index (κ3) is 3.22. The first-order valence-corrected chi connectivity index (χ1v) is 8.51. The standard InChI is InChI=1S/C21H14N4O.CH4O/c22-13-17-19(15-8-2-1-3-9-15)24-21(26)25(20(17)23)18-12-6-10-14-7-4-5-11-16(14)18;1-2/h1-12H,23H2;2H,1H3. The number of nitrogen functional groups attached to an aromatic ring is 1. The van der Waals surface area contributed by atoms with Gasteiger partial charge in [-0.25, -0.2) is 9.36 Å². The molecule has 28 heavy (non-hydrogen) atoms. The number of benzene rings is 3. The van der Waals surface area contributed by atoms with E-state index >= 15 is 0 Å². The van der Waals surface area contributed by atoms with Crippen molar-refractivity contribution in [3.63, 3.8) is 0 Å². The summed E-state index contributed by atoms with van der Waals surface area (Å²) in [5, 5.41) is 18.5. The van der Waals surface area contributed by atoms with E-state index in [0.717, 1.165) is 17.9 Å². The minimum atomic E-state index is -0.517. The number of nitriles is 1. The highest BCUT2D eigenvalue weighted by molar-refractivity contribution is 5.91. The Hall–Kier alpha value is -3.95. The predicted octanol–water partition coefficient (Wildman–Crippen LogP) is 3.12. The second-order valence-corrected chi connectivity index (χ2v) is 5.81. The van der Waals surface area contributed by atoms with Crippen LogP contribution in [0.15, 0.2) is 77.6 Å². The Bertz CT molecular complexity index is 1220. The van der Waals surface area contributed by atoms with Crippen molar-refractivity contribution in [3.8, 4) is 23.0 Å². The minimum absolute atomic E-state index is 0.0858. The van der Waals surface area contributed by atoms with Crippen LogP contribution in [0.1, 0.15) is 5.56 Å². The van der Waals surface area contributed by atoms with Gasteiger partial charge in [0.2, 0.25) is 0 Å². The molecule has 4 aromatic rings. The van der Waals surface area contributed by atoms with Crippen molar-refractivity contribution in [2.24, 2.45) is 0 Å². The van der Waals surface area contributed by atoms with Crippen molar-refractivity contribution in [2.45, 2.75) is 0 Å². The summed E-state index contributed by atoms with van der Waals surface area (Å²) in [7, 11) is 1.00. The number of anilines is 1. The van der Waals surface area contributed by atoms with Crippen molar-refractivity contribution in [1.82, 2.24) is 9.55 Å². The molecule has 6 nitrogen and oxygen atoms in total. The number of aromatic nitrogens is 2. The third-order valence-corrected chi connectivity index (χ3v) is 4.30. The first-order valence-electron chi connectivity index (χ1n) is 8.51. The molecule has 0 spiro atoms. The number of hydrogen-bond acceptors (Lipinski definition) is 5. The molecule has 0 saturated heterocycles. The summed E-state index contributed by atoms with van der Waals surface area (Å²) in [5.74, 6) is 0.0858. The Kier molecular flexibility index (Phi) is 5.49. The van der Waals surface area contributed by atoms with Crippen molar-refractivity contribution < 1.29 is 5.11 Å². The van der Waals surface area contributed by atoms with Gasteiger partial charge < -0.3 is 10.8 Å². The van der Waals surface area contributed by atoms with Gasteiger partial charge in [0.25, 0.3) is 0 Å². The zero-order valence-corrected chi connectivity index (χ0v) is 15.2. The molecular weight excluding hydrogens is 352 g/mol. The fraction of sp³-hybridized carbons (Fsp3) is 0.0455. The van der Waals surface area contributed by atoms with Crippen molar-refractivity contribution in [1.29, 1.82) is 5.26 Å². The molecule has 3 aromatic carbocycles. The van der Waals surface area contributed by atoms with E-state index in [1.807, 2.05) is 54.6 Å². The van der Waals surface area contributed by atoms with E-state index in [4.69, 9.17) is 10.8 Å². The highest BCUT2D eigenvalue weighted by atomic mass is 16.2. The van der Waals surface area contributed by atoms with Crippen molar-refractivity contribution in [2.75, 3.05) is 12.8 Å². The van der Waals surface area contributed by atoms with Crippen LogP contribution in [0.5, 0.6) is 0 Å². The maximum Gasteiger partial charge on any atom is 0.354 e. The third-order valence-electron chi connectivity index (χ3n) is 4.30. The Morgan fingerprint density at radius 2 is 1.61 bits per heavy atom. The molecule has 1 heterocycles. The van der Waals surface area contributed by atoms with Crippen LogP contribution in [0.4, 0.5) is 5.82 Å². The molecular formula is C22H18N4O2. The molecule has 6 heteroatoms. The number of nitrogens with two attached hydrogens (primary N) is 1. The average molecular weight is 370 g/mol. The van der Waals surface area contributed by atoms with Gasteiger partial charge >= 0.3 is 5.69 Å². The quantitative estimate of drug-likeness (QED) is 0.564. The highest BCUT2D eigenvalue weighted by Gasteiger charge is 2.18. The van der Waals surface area contributed by atoms with Crippen LogP contribution < -0.4 is 11.4 Å². The smallest absolute Gasteiger partial charge is 0.354 e. The van der Waals surface area contributed by atoms with E-state index in [1.54, 1.807) is 18.2 Å². The largest absolute Gasteiger partial charge is 0.400 e. The zero-order chi connectivity index (χ0) is 20.1. The molecule has 0 atom stereocenters. The van der Waals surface area contributed by atoms with E-state index in [9.17, 15) is 10.1 Å². The normalized spacial score (nSPS) is 10.0. The fourth-order valence-corrected chi connectivity index (χ4v) is 3.09. The minimum Gasteiger partial charge on any atom is -0.400 e. The summed E-state index contributed by atoms with van der Waals surface area (Å²) < 4.78 is 1.30. The van der Waals surface area contributed by atoms with E-state index in [1.165, 1.54) is 4.57 Å². The molecule has 0 aliphatic carbocycles. The van der Waals surface area contributed by atoms with E-state index < -0.39 is 5.69 Å². The zero-order valence-electron chi connectivity index (χ0n) is 15.2. The van der Waals surface area contributed by atoms with E-state index in [0.29, 0.717) is 16.9 Å². The first-order chi connectivity index (χ1) is 13.7. The molecule has 0 fully saturated rings. The molecule has 138 valence electrons. The monoisotopic (exact) mass is 370 g/mol. The lowest BCUT2D eigenvalue weighted by molar-refractivity contribution is 0.399. The molecule has 4 rings (SSSR count). The topological polar surface area (TPSA) is 105 Å². The van der Waals surface area contributed by atoms with Gasteiger partial charge in [-0.15, -0.1) is 0 Å². The van der Waals surface area contributed by atoms with Crippen LogP contribution in [0.2, 0.25) is 0 Å². The molecule has 0 saturated carbocycles. The number of hydrogen-bond donors (Lipinski definition) is 2. The molecule has 1 aromatic heterocycles. The molecule has 3 N–H and O–H groups in total. The number of rotatable bonds is 2. The number of aliphatic hydroxyl groups is 1. The lowest BCUT2D eigenvalue weighted by Gasteiger charge is -2.15. The molecule has 0 aliphatic rings. The van der Waals surface area contributed by atoms with Gasteiger partial charge in [-0.3, -0.25) is 0 Å². The fourth-order valence-electron chi connectivity index (χ4n) is 3.09. The van der Waals surface area contributed by atoms with E-state index in [-0.39, 0.29) is 11.4 Å². The summed E-state index contributed by atoms with van der Waals surface area (Å²) in [4.78, 5) is 17.0. The Labute approximate surface area is 161 Å². The number of nitrogens with zero attached hydrogens (tertiary/aromatic N) is 3. The molecule has 0 unspecified atom stereocenters. The molecule has 0 radical (unpaired) electrons. The maximum absolute atomic E-state index is 12.8. The van der Waals surface area contributed by atoms with Crippen LogP contribution in [0.25, 0.3) is 27.7 Å². The summed E-state index contributed by atoms with van der Waals surface area (Å²) in [6.45, 7) is 0. The van der Waals surface area contributed by atoms with Crippen LogP contribution >= 0.6 is 0 Å².